The number of aliphatic hydroxyl groups excluding tert-OH is 1. The molecule has 1 amide bonds. The average Bonchev–Trinajstić information content (AvgIpc) is 2.78. The van der Waals surface area contributed by atoms with Gasteiger partial charge in [-0.3, -0.25) is 9.69 Å². The van der Waals surface area contributed by atoms with E-state index in [-0.39, 0.29) is 18.6 Å². The number of nitrogens with zero attached hydrogens (tertiary/aromatic N) is 1. The Hall–Kier alpha value is -2.41. The van der Waals surface area contributed by atoms with Crippen LogP contribution in [0, 0.1) is 0 Å². The van der Waals surface area contributed by atoms with Gasteiger partial charge in [-0.15, -0.1) is 0 Å². The maximum Gasteiger partial charge on any atom is 0.251 e. The Morgan fingerprint density at radius 1 is 1.13 bits per heavy atom. The molecule has 1 fully saturated rings. The molecule has 0 spiro atoms. The third-order valence-corrected chi connectivity index (χ3v) is 5.88. The van der Waals surface area contributed by atoms with Crippen LogP contribution in [-0.2, 0) is 13.0 Å². The monoisotopic (exact) mass is 409 g/mol. The molecule has 4 rings (SSSR count). The molecule has 2 aliphatic rings. The summed E-state index contributed by atoms with van der Waals surface area (Å²) in [5.41, 5.74) is 3.29. The fourth-order valence-corrected chi connectivity index (χ4v) is 4.18. The molecule has 0 aliphatic carbocycles. The van der Waals surface area contributed by atoms with E-state index in [2.05, 4.69) is 39.8 Å². The standard InChI is InChI=1S/C24H31N3O3/c28-21(17-27-14-11-18-3-1-2-4-20(18)16-27)15-26-24(29)19-5-7-22(8-6-19)30-23-9-12-25-13-10-23/h1-8,21,23,25,28H,9-17H2,(H,26,29). The van der Waals surface area contributed by atoms with E-state index in [1.165, 1.54) is 11.1 Å². The normalized spacial score (nSPS) is 18.4. The maximum absolute atomic E-state index is 12.4. The molecule has 1 unspecified atom stereocenters. The molecule has 2 heterocycles. The van der Waals surface area contributed by atoms with Crippen molar-refractivity contribution in [3.8, 4) is 5.75 Å². The van der Waals surface area contributed by atoms with Crippen molar-refractivity contribution in [3.05, 3.63) is 65.2 Å². The second-order valence-electron chi connectivity index (χ2n) is 8.21. The average molecular weight is 410 g/mol. The molecule has 30 heavy (non-hydrogen) atoms. The van der Waals surface area contributed by atoms with Crippen LogP contribution in [0.25, 0.3) is 0 Å². The van der Waals surface area contributed by atoms with Crippen LogP contribution in [0.3, 0.4) is 0 Å². The van der Waals surface area contributed by atoms with E-state index in [0.29, 0.717) is 12.1 Å². The molecule has 2 aliphatic heterocycles. The van der Waals surface area contributed by atoms with Gasteiger partial charge in [0.25, 0.3) is 5.91 Å². The lowest BCUT2D eigenvalue weighted by Gasteiger charge is -2.30. The summed E-state index contributed by atoms with van der Waals surface area (Å²) in [6.45, 7) is 4.54. The first-order valence-electron chi connectivity index (χ1n) is 10.9. The topological polar surface area (TPSA) is 73.8 Å². The van der Waals surface area contributed by atoms with Gasteiger partial charge >= 0.3 is 0 Å². The fourth-order valence-electron chi connectivity index (χ4n) is 4.18. The van der Waals surface area contributed by atoms with Crippen LogP contribution in [0.15, 0.2) is 48.5 Å². The molecule has 1 atom stereocenters. The zero-order valence-corrected chi connectivity index (χ0v) is 17.3. The number of amides is 1. The summed E-state index contributed by atoms with van der Waals surface area (Å²) in [5, 5.41) is 16.6. The van der Waals surface area contributed by atoms with Gasteiger partial charge < -0.3 is 20.5 Å². The van der Waals surface area contributed by atoms with Gasteiger partial charge in [0, 0.05) is 31.7 Å². The van der Waals surface area contributed by atoms with Gasteiger partial charge in [-0.25, -0.2) is 0 Å². The number of benzene rings is 2. The van der Waals surface area contributed by atoms with Crippen LogP contribution in [-0.4, -0.2) is 60.8 Å². The Labute approximate surface area is 178 Å². The zero-order chi connectivity index (χ0) is 20.8. The van der Waals surface area contributed by atoms with Crippen LogP contribution in [0.1, 0.15) is 34.3 Å². The number of carbonyl (C=O) groups is 1. The lowest BCUT2D eigenvalue weighted by atomic mass is 10.00. The van der Waals surface area contributed by atoms with Crippen LogP contribution in [0.4, 0.5) is 0 Å². The number of nitrogens with one attached hydrogen (secondary N) is 2. The minimum atomic E-state index is -0.596. The summed E-state index contributed by atoms with van der Waals surface area (Å²) >= 11 is 0. The van der Waals surface area contributed by atoms with Gasteiger partial charge in [0.05, 0.1) is 6.10 Å². The summed E-state index contributed by atoms with van der Waals surface area (Å²) in [7, 11) is 0. The highest BCUT2D eigenvalue weighted by Gasteiger charge is 2.19. The molecule has 2 aromatic rings. The molecule has 0 bridgehead atoms. The molecule has 1 saturated heterocycles. The fraction of sp³-hybridized carbons (Fsp3) is 0.458. The second kappa shape index (κ2) is 10.1. The Morgan fingerprint density at radius 3 is 2.63 bits per heavy atom. The Balaban J connectivity index is 1.21. The van der Waals surface area contributed by atoms with E-state index < -0.39 is 6.10 Å². The Morgan fingerprint density at radius 2 is 1.87 bits per heavy atom. The number of hydrogen-bond donors (Lipinski definition) is 3. The van der Waals surface area contributed by atoms with E-state index in [4.69, 9.17) is 4.74 Å². The van der Waals surface area contributed by atoms with Crippen LogP contribution < -0.4 is 15.4 Å². The smallest absolute Gasteiger partial charge is 0.251 e. The lowest BCUT2D eigenvalue weighted by molar-refractivity contribution is 0.0841. The number of hydrogen-bond acceptors (Lipinski definition) is 5. The van der Waals surface area contributed by atoms with Crippen molar-refractivity contribution >= 4 is 5.91 Å². The highest BCUT2D eigenvalue weighted by atomic mass is 16.5. The number of carbonyl (C=O) groups excluding carboxylic acids is 1. The molecule has 2 aromatic carbocycles. The van der Waals surface area contributed by atoms with E-state index in [1.54, 1.807) is 12.1 Å². The summed E-state index contributed by atoms with van der Waals surface area (Å²) in [6, 6.07) is 15.7. The first kappa shape index (κ1) is 20.8. The van der Waals surface area contributed by atoms with Gasteiger partial charge in [-0.05, 0) is 67.7 Å². The summed E-state index contributed by atoms with van der Waals surface area (Å²) in [4.78, 5) is 14.7. The molecule has 0 radical (unpaired) electrons. The Bertz CT molecular complexity index is 834. The minimum absolute atomic E-state index is 0.175. The molecular formula is C24H31N3O3. The van der Waals surface area contributed by atoms with Gasteiger partial charge in [-0.2, -0.15) is 0 Å². The van der Waals surface area contributed by atoms with Gasteiger partial charge in [0.15, 0.2) is 0 Å². The van der Waals surface area contributed by atoms with Crippen molar-refractivity contribution in [1.29, 1.82) is 0 Å². The lowest BCUT2D eigenvalue weighted by Crippen LogP contribution is -2.42. The van der Waals surface area contributed by atoms with E-state index in [9.17, 15) is 9.90 Å². The van der Waals surface area contributed by atoms with E-state index >= 15 is 0 Å². The summed E-state index contributed by atoms with van der Waals surface area (Å²) < 4.78 is 5.98. The van der Waals surface area contributed by atoms with Gasteiger partial charge in [0.1, 0.15) is 11.9 Å². The SMILES string of the molecule is O=C(NCC(O)CN1CCc2ccccc2C1)c1ccc(OC2CCNCC2)cc1. The highest BCUT2D eigenvalue weighted by molar-refractivity contribution is 5.94. The predicted octanol–water partition coefficient (Wildman–Crippen LogP) is 1.97. The molecular weight excluding hydrogens is 378 g/mol. The highest BCUT2D eigenvalue weighted by Crippen LogP contribution is 2.19. The van der Waals surface area contributed by atoms with Gasteiger partial charge in [-0.1, -0.05) is 24.3 Å². The first-order chi connectivity index (χ1) is 14.7. The molecule has 0 saturated carbocycles. The number of β-amino-alcohol motifs (C(OH)–C–C–N with tert-alkyl or cyclic N) is 1. The molecule has 6 nitrogen and oxygen atoms in total. The van der Waals surface area contributed by atoms with Crippen molar-refractivity contribution in [2.24, 2.45) is 0 Å². The quantitative estimate of drug-likeness (QED) is 0.652. The number of rotatable bonds is 7. The summed E-state index contributed by atoms with van der Waals surface area (Å²) in [5.74, 6) is 0.621. The molecule has 6 heteroatoms. The second-order valence-corrected chi connectivity index (χ2v) is 8.21. The van der Waals surface area contributed by atoms with E-state index in [0.717, 1.165) is 51.2 Å². The zero-order valence-electron chi connectivity index (χ0n) is 17.3. The predicted molar refractivity (Wildman–Crippen MR) is 117 cm³/mol. The number of aliphatic hydroxyl groups is 1. The van der Waals surface area contributed by atoms with Crippen molar-refractivity contribution in [2.75, 3.05) is 32.7 Å². The van der Waals surface area contributed by atoms with Crippen LogP contribution in [0.5, 0.6) is 5.75 Å². The van der Waals surface area contributed by atoms with Crippen molar-refractivity contribution in [2.45, 2.75) is 38.0 Å². The summed E-state index contributed by atoms with van der Waals surface area (Å²) in [6.07, 6.45) is 2.65. The Kier molecular flexibility index (Phi) is 7.00. The number of fused-ring (bicyclic) bond motifs is 1. The van der Waals surface area contributed by atoms with E-state index in [1.807, 2.05) is 12.1 Å². The number of ether oxygens (including phenoxy) is 1. The first-order valence-corrected chi connectivity index (χ1v) is 10.9. The third-order valence-electron chi connectivity index (χ3n) is 5.88. The molecule has 3 N–H and O–H groups in total. The van der Waals surface area contributed by atoms with Crippen molar-refractivity contribution in [1.82, 2.24) is 15.5 Å². The maximum atomic E-state index is 12.4. The van der Waals surface area contributed by atoms with Gasteiger partial charge in [0.2, 0.25) is 0 Å². The van der Waals surface area contributed by atoms with Crippen molar-refractivity contribution in [3.63, 3.8) is 0 Å². The minimum Gasteiger partial charge on any atom is -0.490 e. The third kappa shape index (κ3) is 5.59. The van der Waals surface area contributed by atoms with Crippen LogP contribution in [0.2, 0.25) is 0 Å². The molecule has 160 valence electrons. The number of piperidine rings is 1. The largest absolute Gasteiger partial charge is 0.490 e. The van der Waals surface area contributed by atoms with Crippen LogP contribution >= 0.6 is 0 Å². The van der Waals surface area contributed by atoms with Crippen molar-refractivity contribution < 1.29 is 14.6 Å². The molecule has 0 aromatic heterocycles.